The number of rotatable bonds is 8. The molecule has 0 aliphatic carbocycles. The topological polar surface area (TPSA) is 95.5 Å². The van der Waals surface area contributed by atoms with Crippen LogP contribution >= 0.6 is 0 Å². The van der Waals surface area contributed by atoms with E-state index >= 15 is 0 Å². The van der Waals surface area contributed by atoms with E-state index < -0.39 is 16.0 Å². The lowest BCUT2D eigenvalue weighted by atomic mass is 10.2. The van der Waals surface area contributed by atoms with E-state index in [0.717, 1.165) is 6.42 Å². The molecule has 0 spiro atoms. The average molecular weight is 314 g/mol. The number of carboxylic acid groups (broad SMARTS) is 1. The second-order valence-corrected chi connectivity index (χ2v) is 6.56. The first-order chi connectivity index (χ1) is 9.81. The number of sulfonamides is 1. The maximum absolute atomic E-state index is 12.4. The van der Waals surface area contributed by atoms with Crippen LogP contribution in [0.2, 0.25) is 0 Å². The number of nitrogens with one attached hydrogen (secondary N) is 2. The minimum Gasteiger partial charge on any atom is -0.478 e. The van der Waals surface area contributed by atoms with E-state index in [1.807, 2.05) is 13.8 Å². The third kappa shape index (κ3) is 4.71. The highest BCUT2D eigenvalue weighted by atomic mass is 32.2. The number of carbonyl (C=O) groups is 1. The summed E-state index contributed by atoms with van der Waals surface area (Å²) in [5, 5.41) is 12.0. The van der Waals surface area contributed by atoms with Gasteiger partial charge in [0.25, 0.3) is 0 Å². The highest BCUT2D eigenvalue weighted by Crippen LogP contribution is 2.23. The van der Waals surface area contributed by atoms with Crippen LogP contribution < -0.4 is 10.0 Å². The highest BCUT2D eigenvalue weighted by Gasteiger charge is 2.22. The highest BCUT2D eigenvalue weighted by molar-refractivity contribution is 7.89. The van der Waals surface area contributed by atoms with Gasteiger partial charge in [0.1, 0.15) is 4.90 Å². The van der Waals surface area contributed by atoms with Crippen molar-refractivity contribution >= 4 is 21.7 Å². The fraction of sp³-hybridized carbons (Fsp3) is 0.500. The fourth-order valence-corrected chi connectivity index (χ4v) is 3.23. The molecular formula is C14H22N2O4S. The first-order valence-electron chi connectivity index (χ1n) is 6.95. The van der Waals surface area contributed by atoms with Crippen LogP contribution in [-0.4, -0.2) is 32.1 Å². The Labute approximate surface area is 125 Å². The van der Waals surface area contributed by atoms with Crippen molar-refractivity contribution in [3.8, 4) is 0 Å². The maximum atomic E-state index is 12.4. The second-order valence-electron chi connectivity index (χ2n) is 4.87. The Balaban J connectivity index is 3.27. The molecule has 0 aliphatic rings. The minimum absolute atomic E-state index is 0.0313. The molecule has 0 radical (unpaired) electrons. The molecule has 118 valence electrons. The summed E-state index contributed by atoms with van der Waals surface area (Å²) in [6, 6.07) is 3.85. The van der Waals surface area contributed by atoms with Gasteiger partial charge in [-0.25, -0.2) is 17.9 Å². The molecule has 1 rings (SSSR count). The maximum Gasteiger partial charge on any atom is 0.335 e. The Bertz CT molecular complexity index is 599. The van der Waals surface area contributed by atoms with E-state index in [9.17, 15) is 13.2 Å². The van der Waals surface area contributed by atoms with Gasteiger partial charge in [0, 0.05) is 12.6 Å². The summed E-state index contributed by atoms with van der Waals surface area (Å²) in [6.07, 6.45) is 1.48. The quantitative estimate of drug-likeness (QED) is 0.684. The van der Waals surface area contributed by atoms with Crippen molar-refractivity contribution in [3.63, 3.8) is 0 Å². The molecule has 0 aliphatic heterocycles. The lowest BCUT2D eigenvalue weighted by Crippen LogP contribution is -2.32. The molecule has 1 unspecified atom stereocenters. The van der Waals surface area contributed by atoms with Gasteiger partial charge in [-0.15, -0.1) is 0 Å². The zero-order valence-electron chi connectivity index (χ0n) is 12.5. The van der Waals surface area contributed by atoms with Gasteiger partial charge < -0.3 is 10.4 Å². The van der Waals surface area contributed by atoms with E-state index in [1.165, 1.54) is 18.2 Å². The Hall–Kier alpha value is -1.60. The third-order valence-electron chi connectivity index (χ3n) is 3.05. The number of anilines is 1. The van der Waals surface area contributed by atoms with Crippen LogP contribution in [0.25, 0.3) is 0 Å². The molecular weight excluding hydrogens is 292 g/mol. The predicted octanol–water partition coefficient (Wildman–Crippen LogP) is 2.28. The van der Waals surface area contributed by atoms with Gasteiger partial charge in [-0.1, -0.05) is 13.8 Å². The van der Waals surface area contributed by atoms with Gasteiger partial charge in [0.2, 0.25) is 10.0 Å². The fourth-order valence-electron chi connectivity index (χ4n) is 1.70. The lowest BCUT2D eigenvalue weighted by Gasteiger charge is -2.16. The molecule has 0 bridgehead atoms. The van der Waals surface area contributed by atoms with Gasteiger partial charge in [-0.3, -0.25) is 0 Å². The molecule has 1 aromatic carbocycles. The molecule has 1 aromatic rings. The molecule has 0 aromatic heterocycles. The molecule has 21 heavy (non-hydrogen) atoms. The van der Waals surface area contributed by atoms with Crippen LogP contribution in [0.4, 0.5) is 5.69 Å². The summed E-state index contributed by atoms with van der Waals surface area (Å²) in [4.78, 5) is 11.0. The summed E-state index contributed by atoms with van der Waals surface area (Å²) in [5.74, 6) is -1.16. The van der Waals surface area contributed by atoms with Gasteiger partial charge in [-0.05, 0) is 38.0 Å². The van der Waals surface area contributed by atoms with E-state index in [2.05, 4.69) is 10.0 Å². The first kappa shape index (κ1) is 17.5. The average Bonchev–Trinajstić information content (AvgIpc) is 2.44. The predicted molar refractivity (Wildman–Crippen MR) is 82.3 cm³/mol. The third-order valence-corrected chi connectivity index (χ3v) is 4.68. The first-order valence-corrected chi connectivity index (χ1v) is 8.43. The molecule has 0 fully saturated rings. The second kappa shape index (κ2) is 7.42. The number of hydrogen-bond acceptors (Lipinski definition) is 4. The molecule has 6 nitrogen and oxygen atoms in total. The largest absolute Gasteiger partial charge is 0.478 e. The Morgan fingerprint density at radius 2 is 2.00 bits per heavy atom. The number of benzene rings is 1. The lowest BCUT2D eigenvalue weighted by molar-refractivity contribution is 0.0696. The van der Waals surface area contributed by atoms with E-state index in [0.29, 0.717) is 18.7 Å². The molecule has 1 atom stereocenters. The Morgan fingerprint density at radius 3 is 2.52 bits per heavy atom. The zero-order valence-corrected chi connectivity index (χ0v) is 13.3. The van der Waals surface area contributed by atoms with Gasteiger partial charge >= 0.3 is 5.97 Å². The van der Waals surface area contributed by atoms with Crippen LogP contribution in [0.5, 0.6) is 0 Å². The van der Waals surface area contributed by atoms with E-state index in [1.54, 1.807) is 6.92 Å². The van der Waals surface area contributed by atoms with Crippen molar-refractivity contribution in [2.24, 2.45) is 0 Å². The molecule has 3 N–H and O–H groups in total. The standard InChI is InChI=1S/C14H22N2O4S/c1-4-8-15-12-7-6-11(14(17)18)9-13(12)21(19,20)16-10(3)5-2/h6-7,9-10,15-16H,4-5,8H2,1-3H3,(H,17,18). The smallest absolute Gasteiger partial charge is 0.335 e. The van der Waals surface area contributed by atoms with Crippen molar-refractivity contribution in [2.45, 2.75) is 44.6 Å². The summed E-state index contributed by atoms with van der Waals surface area (Å²) < 4.78 is 27.4. The van der Waals surface area contributed by atoms with E-state index in [-0.39, 0.29) is 16.5 Å². The van der Waals surface area contributed by atoms with E-state index in [4.69, 9.17) is 5.11 Å². The summed E-state index contributed by atoms with van der Waals surface area (Å²) in [6.45, 7) is 6.21. The van der Waals surface area contributed by atoms with Crippen molar-refractivity contribution in [2.75, 3.05) is 11.9 Å². The SMILES string of the molecule is CCCNc1ccc(C(=O)O)cc1S(=O)(=O)NC(C)CC. The summed E-state index contributed by atoms with van der Waals surface area (Å²) in [7, 11) is -3.76. The zero-order chi connectivity index (χ0) is 16.0. The van der Waals surface area contributed by atoms with Gasteiger partial charge in [-0.2, -0.15) is 0 Å². The molecule has 0 heterocycles. The van der Waals surface area contributed by atoms with Crippen LogP contribution in [0.1, 0.15) is 44.0 Å². The van der Waals surface area contributed by atoms with Crippen LogP contribution in [0.3, 0.4) is 0 Å². The normalized spacial score (nSPS) is 12.9. The molecule has 7 heteroatoms. The number of aromatic carboxylic acids is 1. The number of carboxylic acids is 1. The Morgan fingerprint density at radius 1 is 1.33 bits per heavy atom. The minimum atomic E-state index is -3.76. The van der Waals surface area contributed by atoms with Crippen molar-refractivity contribution in [1.29, 1.82) is 0 Å². The Kier molecular flexibility index (Phi) is 6.17. The van der Waals surface area contributed by atoms with Crippen molar-refractivity contribution in [1.82, 2.24) is 4.72 Å². The van der Waals surface area contributed by atoms with Crippen LogP contribution in [0, 0.1) is 0 Å². The molecule has 0 amide bonds. The van der Waals surface area contributed by atoms with Gasteiger partial charge in [0.05, 0.1) is 11.3 Å². The summed E-state index contributed by atoms with van der Waals surface area (Å²) in [5.41, 5.74) is 0.360. The monoisotopic (exact) mass is 314 g/mol. The van der Waals surface area contributed by atoms with Crippen LogP contribution in [-0.2, 0) is 10.0 Å². The molecule has 0 saturated carbocycles. The van der Waals surface area contributed by atoms with Gasteiger partial charge in [0.15, 0.2) is 0 Å². The molecule has 0 saturated heterocycles. The van der Waals surface area contributed by atoms with Crippen molar-refractivity contribution in [3.05, 3.63) is 23.8 Å². The number of hydrogen-bond donors (Lipinski definition) is 3. The van der Waals surface area contributed by atoms with Crippen LogP contribution in [0.15, 0.2) is 23.1 Å². The van der Waals surface area contributed by atoms with Crippen molar-refractivity contribution < 1.29 is 18.3 Å². The summed E-state index contributed by atoms with van der Waals surface area (Å²) >= 11 is 0.